The molecule has 0 spiro atoms. The van der Waals surface area contributed by atoms with E-state index in [9.17, 15) is 4.39 Å². The molecule has 1 aromatic heterocycles. The van der Waals surface area contributed by atoms with Crippen LogP contribution in [-0.2, 0) is 6.42 Å². The minimum Gasteiger partial charge on any atom is -0.241 e. The second-order valence-electron chi connectivity index (χ2n) is 2.04. The van der Waals surface area contributed by atoms with Crippen LogP contribution in [0.5, 0.6) is 0 Å². The van der Waals surface area contributed by atoms with Gasteiger partial charge in [0.2, 0.25) is 0 Å². The molecule has 0 unspecified atom stereocenters. The Hall–Kier alpha value is -0.150. The molecule has 0 N–H and O–H groups in total. The lowest BCUT2D eigenvalue weighted by atomic mass is 10.2. The number of aryl methyl sites for hydroxylation is 1. The van der Waals surface area contributed by atoms with Crippen molar-refractivity contribution in [1.29, 1.82) is 0 Å². The summed E-state index contributed by atoms with van der Waals surface area (Å²) in [5, 5.41) is 1.14. The smallest absolute Gasteiger partial charge is 0.141 e. The predicted molar refractivity (Wildman–Crippen MR) is 46.7 cm³/mol. The van der Waals surface area contributed by atoms with Crippen LogP contribution in [0, 0.1) is 5.82 Å². The van der Waals surface area contributed by atoms with Gasteiger partial charge in [-0.25, -0.2) is 9.37 Å². The number of nitrogens with zero attached hydrogens (tertiary/aromatic N) is 1. The number of halogens is 3. The summed E-state index contributed by atoms with van der Waals surface area (Å²) < 4.78 is 12.5. The molecular weight excluding hydrogens is 232 g/mol. The lowest BCUT2D eigenvalue weighted by Crippen LogP contribution is -1.91. The molecule has 0 aliphatic carbocycles. The van der Waals surface area contributed by atoms with Crippen molar-refractivity contribution in [3.05, 3.63) is 28.8 Å². The number of hydrogen-bond acceptors (Lipinski definition) is 1. The van der Waals surface area contributed by atoms with Crippen molar-refractivity contribution in [3.63, 3.8) is 0 Å². The Kier molecular flexibility index (Phi) is 3.27. The zero-order valence-corrected chi connectivity index (χ0v) is 7.99. The van der Waals surface area contributed by atoms with Crippen LogP contribution in [0.25, 0.3) is 0 Å². The molecule has 1 aromatic rings. The number of pyridine rings is 1. The fourth-order valence-electron chi connectivity index (χ4n) is 0.742. The average Bonchev–Trinajstić information content (AvgIpc) is 1.98. The molecule has 1 nitrogen and oxygen atoms in total. The van der Waals surface area contributed by atoms with Crippen molar-refractivity contribution < 1.29 is 4.39 Å². The molecule has 0 saturated carbocycles. The van der Waals surface area contributed by atoms with Gasteiger partial charge < -0.3 is 0 Å². The standard InChI is InChI=1S/C7H6BrClFN/c8-2-1-5-3-6(10)4-11-7(5)9/h3-4H,1-2H2. The van der Waals surface area contributed by atoms with Crippen LogP contribution in [-0.4, -0.2) is 10.3 Å². The third-order valence-electron chi connectivity index (χ3n) is 1.24. The Bertz CT molecular complexity index is 254. The van der Waals surface area contributed by atoms with E-state index < -0.39 is 0 Å². The van der Waals surface area contributed by atoms with E-state index in [0.717, 1.165) is 17.1 Å². The molecule has 4 heteroatoms. The molecule has 0 radical (unpaired) electrons. The van der Waals surface area contributed by atoms with Crippen molar-refractivity contribution >= 4 is 27.5 Å². The molecule has 11 heavy (non-hydrogen) atoms. The number of alkyl halides is 1. The Balaban J connectivity index is 2.93. The van der Waals surface area contributed by atoms with Crippen LogP contribution in [0.2, 0.25) is 5.15 Å². The van der Waals surface area contributed by atoms with Crippen molar-refractivity contribution in [3.8, 4) is 0 Å². The second-order valence-corrected chi connectivity index (χ2v) is 3.19. The van der Waals surface area contributed by atoms with E-state index in [2.05, 4.69) is 20.9 Å². The Labute approximate surface area is 77.7 Å². The first-order valence-electron chi connectivity index (χ1n) is 3.10. The first-order chi connectivity index (χ1) is 5.24. The van der Waals surface area contributed by atoms with Gasteiger partial charge in [0.05, 0.1) is 6.20 Å². The molecule has 0 aliphatic heterocycles. The normalized spacial score (nSPS) is 10.1. The molecule has 0 saturated heterocycles. The Morgan fingerprint density at radius 1 is 1.64 bits per heavy atom. The monoisotopic (exact) mass is 237 g/mol. The van der Waals surface area contributed by atoms with E-state index in [-0.39, 0.29) is 5.82 Å². The van der Waals surface area contributed by atoms with Gasteiger partial charge >= 0.3 is 0 Å². The van der Waals surface area contributed by atoms with Crippen molar-refractivity contribution in [2.24, 2.45) is 0 Å². The third kappa shape index (κ3) is 2.42. The molecule has 0 aromatic carbocycles. The van der Waals surface area contributed by atoms with E-state index in [0.29, 0.717) is 11.6 Å². The fraction of sp³-hybridized carbons (Fsp3) is 0.286. The highest BCUT2D eigenvalue weighted by Crippen LogP contribution is 2.14. The average molecular weight is 238 g/mol. The maximum absolute atomic E-state index is 12.5. The molecule has 0 fully saturated rings. The van der Waals surface area contributed by atoms with Gasteiger partial charge in [-0.1, -0.05) is 27.5 Å². The predicted octanol–water partition coefficient (Wildman–Crippen LogP) is 2.81. The minimum absolute atomic E-state index is 0.342. The fourth-order valence-corrected chi connectivity index (χ4v) is 1.37. The molecular formula is C7H6BrClFN. The van der Waals surface area contributed by atoms with Crippen LogP contribution in [0.3, 0.4) is 0 Å². The van der Waals surface area contributed by atoms with Gasteiger partial charge in [0.15, 0.2) is 0 Å². The summed E-state index contributed by atoms with van der Waals surface area (Å²) in [4.78, 5) is 3.67. The van der Waals surface area contributed by atoms with Gasteiger partial charge in [-0.2, -0.15) is 0 Å². The minimum atomic E-state index is -0.342. The first-order valence-corrected chi connectivity index (χ1v) is 4.60. The molecule has 0 atom stereocenters. The van der Waals surface area contributed by atoms with E-state index >= 15 is 0 Å². The summed E-state index contributed by atoms with van der Waals surface area (Å²) in [7, 11) is 0. The highest BCUT2D eigenvalue weighted by molar-refractivity contribution is 9.09. The number of rotatable bonds is 2. The zero-order valence-electron chi connectivity index (χ0n) is 5.65. The third-order valence-corrected chi connectivity index (χ3v) is 1.98. The quantitative estimate of drug-likeness (QED) is 0.570. The Morgan fingerprint density at radius 2 is 2.36 bits per heavy atom. The van der Waals surface area contributed by atoms with E-state index in [4.69, 9.17) is 11.6 Å². The molecule has 1 rings (SSSR count). The summed E-state index contributed by atoms with van der Waals surface area (Å²) in [5.41, 5.74) is 0.739. The van der Waals surface area contributed by atoms with Crippen molar-refractivity contribution in [2.75, 3.05) is 5.33 Å². The topological polar surface area (TPSA) is 12.9 Å². The maximum Gasteiger partial charge on any atom is 0.141 e. The van der Waals surface area contributed by atoms with Crippen LogP contribution < -0.4 is 0 Å². The SMILES string of the molecule is Fc1cnc(Cl)c(CCBr)c1. The number of aromatic nitrogens is 1. The maximum atomic E-state index is 12.5. The highest BCUT2D eigenvalue weighted by atomic mass is 79.9. The lowest BCUT2D eigenvalue weighted by molar-refractivity contribution is 0.619. The van der Waals surface area contributed by atoms with Gasteiger partial charge in [0, 0.05) is 5.33 Å². The van der Waals surface area contributed by atoms with Gasteiger partial charge in [-0.05, 0) is 18.1 Å². The van der Waals surface area contributed by atoms with Crippen LogP contribution >= 0.6 is 27.5 Å². The summed E-state index contributed by atoms with van der Waals surface area (Å²) in [6.45, 7) is 0. The summed E-state index contributed by atoms with van der Waals surface area (Å²) in [6.07, 6.45) is 1.81. The van der Waals surface area contributed by atoms with Gasteiger partial charge in [0.25, 0.3) is 0 Å². The van der Waals surface area contributed by atoms with E-state index in [1.165, 1.54) is 6.07 Å². The highest BCUT2D eigenvalue weighted by Gasteiger charge is 2.01. The van der Waals surface area contributed by atoms with Gasteiger partial charge in [-0.3, -0.25) is 0 Å². The molecule has 0 bridgehead atoms. The largest absolute Gasteiger partial charge is 0.241 e. The molecule has 60 valence electrons. The Morgan fingerprint density at radius 3 is 3.00 bits per heavy atom. The van der Waals surface area contributed by atoms with Gasteiger partial charge in [-0.15, -0.1) is 0 Å². The summed E-state index contributed by atoms with van der Waals surface area (Å²) in [5.74, 6) is -0.342. The van der Waals surface area contributed by atoms with Crippen molar-refractivity contribution in [1.82, 2.24) is 4.98 Å². The molecule has 0 aliphatic rings. The van der Waals surface area contributed by atoms with Gasteiger partial charge in [0.1, 0.15) is 11.0 Å². The number of hydrogen-bond donors (Lipinski definition) is 0. The summed E-state index contributed by atoms with van der Waals surface area (Å²) in [6, 6.07) is 1.40. The molecule has 0 amide bonds. The van der Waals surface area contributed by atoms with E-state index in [1.54, 1.807) is 0 Å². The molecule has 1 heterocycles. The van der Waals surface area contributed by atoms with Crippen molar-refractivity contribution in [2.45, 2.75) is 6.42 Å². The first kappa shape index (κ1) is 8.94. The zero-order chi connectivity index (χ0) is 8.27. The van der Waals surface area contributed by atoms with Crippen LogP contribution in [0.1, 0.15) is 5.56 Å². The van der Waals surface area contributed by atoms with E-state index in [1.807, 2.05) is 0 Å². The van der Waals surface area contributed by atoms with Crippen LogP contribution in [0.15, 0.2) is 12.3 Å². The lowest BCUT2D eigenvalue weighted by Gasteiger charge is -1.99. The second kappa shape index (κ2) is 4.02. The summed E-state index contributed by atoms with van der Waals surface area (Å²) >= 11 is 8.91. The van der Waals surface area contributed by atoms with Crippen LogP contribution in [0.4, 0.5) is 4.39 Å².